The number of nitrogens with zero attached hydrogens (tertiary/aromatic N) is 4. The number of benzene rings is 2. The van der Waals surface area contributed by atoms with Gasteiger partial charge in [0.05, 0.1) is 36.6 Å². The second-order valence-corrected chi connectivity index (χ2v) is 11.0. The van der Waals surface area contributed by atoms with Gasteiger partial charge in [0.25, 0.3) is 0 Å². The average Bonchev–Trinajstić information content (AvgIpc) is 3.16. The maximum absolute atomic E-state index is 12.6. The predicted molar refractivity (Wildman–Crippen MR) is 132 cm³/mol. The van der Waals surface area contributed by atoms with Gasteiger partial charge in [0, 0.05) is 17.5 Å². The minimum atomic E-state index is -3.34. The molecule has 1 fully saturated rings. The Balaban J connectivity index is 1.20. The van der Waals surface area contributed by atoms with Crippen LogP contribution in [0.3, 0.4) is 0 Å². The van der Waals surface area contributed by atoms with Crippen molar-refractivity contribution in [3.8, 4) is 11.3 Å². The van der Waals surface area contributed by atoms with Crippen LogP contribution in [0.15, 0.2) is 67.0 Å². The van der Waals surface area contributed by atoms with Crippen molar-refractivity contribution in [1.82, 2.24) is 14.9 Å². The lowest BCUT2D eigenvalue weighted by atomic mass is 9.74. The van der Waals surface area contributed by atoms with Gasteiger partial charge in [-0.05, 0) is 37.6 Å². The van der Waals surface area contributed by atoms with Crippen molar-refractivity contribution in [2.75, 3.05) is 42.1 Å². The van der Waals surface area contributed by atoms with Gasteiger partial charge in [-0.2, -0.15) is 0 Å². The molecule has 1 aromatic heterocycles. The molecule has 1 spiro atoms. The summed E-state index contributed by atoms with van der Waals surface area (Å²) in [6, 6.07) is 17.5. The highest BCUT2D eigenvalue weighted by molar-refractivity contribution is 7.92. The van der Waals surface area contributed by atoms with Gasteiger partial charge in [0.2, 0.25) is 15.9 Å². The van der Waals surface area contributed by atoms with E-state index < -0.39 is 10.0 Å². The fourth-order valence-corrected chi connectivity index (χ4v) is 5.98. The van der Waals surface area contributed by atoms with E-state index in [1.807, 2.05) is 54.6 Å². The largest absolute Gasteiger partial charge is 0.308 e. The normalized spacial score (nSPS) is 17.5. The highest BCUT2D eigenvalue weighted by Crippen LogP contribution is 2.47. The number of carbonyl (C=O) groups is 1. The highest BCUT2D eigenvalue weighted by Gasteiger charge is 2.46. The lowest BCUT2D eigenvalue weighted by Crippen LogP contribution is -2.47. The van der Waals surface area contributed by atoms with E-state index in [1.165, 1.54) is 10.6 Å². The van der Waals surface area contributed by atoms with Gasteiger partial charge in [-0.1, -0.05) is 48.5 Å². The lowest BCUT2D eigenvalue weighted by Gasteiger charge is -2.39. The van der Waals surface area contributed by atoms with Crippen LogP contribution < -0.4 is 9.62 Å². The summed E-state index contributed by atoms with van der Waals surface area (Å²) < 4.78 is 26.2. The van der Waals surface area contributed by atoms with Crippen LogP contribution in [0, 0.1) is 0 Å². The van der Waals surface area contributed by atoms with E-state index in [9.17, 15) is 13.2 Å². The Labute approximate surface area is 199 Å². The van der Waals surface area contributed by atoms with Crippen LogP contribution >= 0.6 is 0 Å². The first kappa shape index (κ1) is 22.5. The van der Waals surface area contributed by atoms with Crippen LogP contribution in [-0.4, -0.2) is 61.6 Å². The maximum Gasteiger partial charge on any atom is 0.239 e. The number of nitrogens with one attached hydrogen (secondary N) is 1. The number of para-hydroxylation sites is 1. The zero-order chi connectivity index (χ0) is 23.8. The molecule has 176 valence electrons. The molecule has 0 unspecified atom stereocenters. The number of aromatic nitrogens is 2. The topological polar surface area (TPSA) is 95.5 Å². The second-order valence-electron chi connectivity index (χ2n) is 9.04. The summed E-state index contributed by atoms with van der Waals surface area (Å²) in [5, 5.41) is 2.83. The average molecular weight is 478 g/mol. The predicted octanol–water partition coefficient (Wildman–Crippen LogP) is 2.90. The molecule has 3 aromatic rings. The van der Waals surface area contributed by atoms with E-state index in [1.54, 1.807) is 12.4 Å². The van der Waals surface area contributed by atoms with Crippen molar-refractivity contribution >= 4 is 27.4 Å². The number of piperidine rings is 1. The third kappa shape index (κ3) is 4.41. The van der Waals surface area contributed by atoms with Crippen LogP contribution in [0.1, 0.15) is 18.4 Å². The quantitative estimate of drug-likeness (QED) is 0.607. The van der Waals surface area contributed by atoms with Crippen LogP contribution in [-0.2, 0) is 20.2 Å². The van der Waals surface area contributed by atoms with Gasteiger partial charge < -0.3 is 5.32 Å². The fourth-order valence-electron chi connectivity index (χ4n) is 4.98. The number of likely N-dealkylation sites (tertiary alicyclic amines) is 1. The monoisotopic (exact) mass is 477 g/mol. The first-order chi connectivity index (χ1) is 16.3. The second kappa shape index (κ2) is 8.81. The SMILES string of the molecule is CS(=O)(=O)N1CC2(CCN(CC(=O)Nc3cnc(-c4ccccc4)cn3)CC2)c2ccccc21. The number of hydrogen-bond acceptors (Lipinski definition) is 6. The molecule has 0 saturated carbocycles. The number of rotatable bonds is 5. The molecule has 5 rings (SSSR count). The van der Waals surface area contributed by atoms with E-state index in [0.717, 1.165) is 48.4 Å². The molecule has 1 saturated heterocycles. The Morgan fingerprint density at radius 2 is 1.71 bits per heavy atom. The van der Waals surface area contributed by atoms with Crippen molar-refractivity contribution in [3.63, 3.8) is 0 Å². The molecular formula is C25H27N5O3S. The summed E-state index contributed by atoms with van der Waals surface area (Å²) in [7, 11) is -3.34. The van der Waals surface area contributed by atoms with E-state index in [4.69, 9.17) is 0 Å². The van der Waals surface area contributed by atoms with Crippen molar-refractivity contribution in [3.05, 3.63) is 72.6 Å². The van der Waals surface area contributed by atoms with Gasteiger partial charge in [-0.3, -0.25) is 19.0 Å². The van der Waals surface area contributed by atoms with Crippen LogP contribution in [0.4, 0.5) is 11.5 Å². The van der Waals surface area contributed by atoms with E-state index >= 15 is 0 Å². The van der Waals surface area contributed by atoms with Gasteiger partial charge >= 0.3 is 0 Å². The molecule has 2 aliphatic heterocycles. The number of sulfonamides is 1. The minimum Gasteiger partial charge on any atom is -0.308 e. The van der Waals surface area contributed by atoms with Crippen LogP contribution in [0.2, 0.25) is 0 Å². The van der Waals surface area contributed by atoms with E-state index in [-0.39, 0.29) is 17.9 Å². The summed E-state index contributed by atoms with van der Waals surface area (Å²) in [6.07, 6.45) is 6.09. The van der Waals surface area contributed by atoms with E-state index in [0.29, 0.717) is 12.4 Å². The summed E-state index contributed by atoms with van der Waals surface area (Å²) in [4.78, 5) is 23.5. The first-order valence-electron chi connectivity index (χ1n) is 11.3. The fraction of sp³-hybridized carbons (Fsp3) is 0.320. The van der Waals surface area contributed by atoms with Crippen molar-refractivity contribution < 1.29 is 13.2 Å². The molecule has 0 aliphatic carbocycles. The Morgan fingerprint density at radius 3 is 2.38 bits per heavy atom. The highest BCUT2D eigenvalue weighted by atomic mass is 32.2. The smallest absolute Gasteiger partial charge is 0.239 e. The molecule has 3 heterocycles. The Morgan fingerprint density at radius 1 is 1.00 bits per heavy atom. The summed E-state index contributed by atoms with van der Waals surface area (Å²) in [6.45, 7) is 2.17. The number of carbonyl (C=O) groups excluding carboxylic acids is 1. The Hall–Kier alpha value is -3.30. The van der Waals surface area contributed by atoms with Gasteiger partial charge in [-0.25, -0.2) is 13.4 Å². The molecule has 0 bridgehead atoms. The number of amides is 1. The van der Waals surface area contributed by atoms with Crippen LogP contribution in [0.25, 0.3) is 11.3 Å². The van der Waals surface area contributed by atoms with Crippen molar-refractivity contribution in [2.24, 2.45) is 0 Å². The molecule has 0 radical (unpaired) electrons. The maximum atomic E-state index is 12.6. The summed E-state index contributed by atoms with van der Waals surface area (Å²) in [5.41, 5.74) is 3.40. The molecule has 8 nitrogen and oxygen atoms in total. The number of hydrogen-bond donors (Lipinski definition) is 1. The minimum absolute atomic E-state index is 0.137. The Kier molecular flexibility index (Phi) is 5.83. The first-order valence-corrected chi connectivity index (χ1v) is 13.2. The number of anilines is 2. The zero-order valence-electron chi connectivity index (χ0n) is 19.0. The standard InChI is InChI=1S/C25H27N5O3S/c1-34(32,33)30-18-25(20-9-5-6-10-22(20)30)11-13-29(14-12-25)17-24(31)28-23-16-26-21(15-27-23)19-7-3-2-4-8-19/h2-10,15-16H,11-14,17-18H2,1H3,(H,27,28,31). The van der Waals surface area contributed by atoms with Crippen molar-refractivity contribution in [1.29, 1.82) is 0 Å². The molecule has 2 aliphatic rings. The molecule has 2 aromatic carbocycles. The Bertz CT molecular complexity index is 1290. The molecule has 9 heteroatoms. The van der Waals surface area contributed by atoms with Crippen LogP contribution in [0.5, 0.6) is 0 Å². The third-order valence-electron chi connectivity index (χ3n) is 6.76. The molecule has 1 amide bonds. The molecule has 0 atom stereocenters. The van der Waals surface area contributed by atoms with Gasteiger partial charge in [-0.15, -0.1) is 0 Å². The van der Waals surface area contributed by atoms with Gasteiger partial charge in [0.15, 0.2) is 5.82 Å². The lowest BCUT2D eigenvalue weighted by molar-refractivity contribution is -0.117. The van der Waals surface area contributed by atoms with Gasteiger partial charge in [0.1, 0.15) is 0 Å². The zero-order valence-corrected chi connectivity index (χ0v) is 19.8. The number of fused-ring (bicyclic) bond motifs is 2. The summed E-state index contributed by atoms with van der Waals surface area (Å²) in [5.74, 6) is 0.286. The third-order valence-corrected chi connectivity index (χ3v) is 7.89. The summed E-state index contributed by atoms with van der Waals surface area (Å²) >= 11 is 0. The molecule has 34 heavy (non-hydrogen) atoms. The molecular weight excluding hydrogens is 450 g/mol. The van der Waals surface area contributed by atoms with Crippen molar-refractivity contribution in [2.45, 2.75) is 18.3 Å². The molecule has 1 N–H and O–H groups in total. The van der Waals surface area contributed by atoms with E-state index in [2.05, 4.69) is 20.2 Å².